The molecule has 1 N–H and O–H groups in total. The van der Waals surface area contributed by atoms with Gasteiger partial charge in [0.15, 0.2) is 0 Å². The average Bonchev–Trinajstić information content (AvgIpc) is 2.68. The van der Waals surface area contributed by atoms with Crippen molar-refractivity contribution in [2.45, 2.75) is 38.6 Å². The molecule has 1 aromatic carbocycles. The fourth-order valence-corrected chi connectivity index (χ4v) is 2.30. The summed E-state index contributed by atoms with van der Waals surface area (Å²) in [6, 6.07) is 9.11. The van der Waals surface area contributed by atoms with Crippen molar-refractivity contribution in [3.05, 3.63) is 35.9 Å². The van der Waals surface area contributed by atoms with Crippen molar-refractivity contribution >= 4 is 11.9 Å². The summed E-state index contributed by atoms with van der Waals surface area (Å²) in [6.45, 7) is 2.63. The van der Waals surface area contributed by atoms with Gasteiger partial charge in [-0.25, -0.2) is 4.79 Å². The lowest BCUT2D eigenvalue weighted by molar-refractivity contribution is -0.127. The molecule has 1 fully saturated rings. The average molecular weight is 260 g/mol. The zero-order valence-corrected chi connectivity index (χ0v) is 11.3. The summed E-state index contributed by atoms with van der Waals surface area (Å²) in [6.07, 6.45) is 3.57. The Balaban J connectivity index is 1.94. The van der Waals surface area contributed by atoms with Crippen LogP contribution in [0.1, 0.15) is 31.7 Å². The molecule has 0 saturated carbocycles. The first-order valence-corrected chi connectivity index (χ1v) is 6.88. The second kappa shape index (κ2) is 6.36. The quantitative estimate of drug-likeness (QED) is 0.630. The number of carbonyl (C=O) groups is 2. The topological polar surface area (TPSA) is 49.4 Å². The minimum Gasteiger partial charge on any atom is -0.325 e. The van der Waals surface area contributed by atoms with E-state index in [0.29, 0.717) is 13.0 Å². The van der Waals surface area contributed by atoms with Crippen LogP contribution in [-0.2, 0) is 11.2 Å². The third-order valence-corrected chi connectivity index (χ3v) is 3.37. The van der Waals surface area contributed by atoms with Crippen molar-refractivity contribution in [2.75, 3.05) is 6.54 Å². The summed E-state index contributed by atoms with van der Waals surface area (Å²) in [4.78, 5) is 25.3. The standard InChI is InChI=1S/C15H20N2O2/c1-2-3-7-10-17-14(18)13(16-15(17)19)11-12-8-5-4-6-9-12/h4-6,8-9,13H,2-3,7,10-11H2,1H3,(H,16,19). The molecule has 1 aliphatic rings. The summed E-state index contributed by atoms with van der Waals surface area (Å²) >= 11 is 0. The molecule has 0 aliphatic carbocycles. The van der Waals surface area contributed by atoms with Crippen LogP contribution < -0.4 is 5.32 Å². The number of urea groups is 1. The first-order chi connectivity index (χ1) is 9.22. The lowest BCUT2D eigenvalue weighted by Gasteiger charge is -2.12. The minimum atomic E-state index is -0.406. The number of amides is 3. The second-order valence-electron chi connectivity index (χ2n) is 4.89. The molecule has 2 rings (SSSR count). The highest BCUT2D eigenvalue weighted by Crippen LogP contribution is 2.13. The van der Waals surface area contributed by atoms with Gasteiger partial charge in [0, 0.05) is 13.0 Å². The molecule has 1 aliphatic heterocycles. The van der Waals surface area contributed by atoms with Gasteiger partial charge in [0.05, 0.1) is 0 Å². The van der Waals surface area contributed by atoms with Crippen LogP contribution in [0.3, 0.4) is 0 Å². The van der Waals surface area contributed by atoms with Crippen LogP contribution in [0.4, 0.5) is 4.79 Å². The van der Waals surface area contributed by atoms with E-state index in [4.69, 9.17) is 0 Å². The van der Waals surface area contributed by atoms with Gasteiger partial charge in [0.25, 0.3) is 5.91 Å². The van der Waals surface area contributed by atoms with Crippen LogP contribution in [0.25, 0.3) is 0 Å². The number of rotatable bonds is 6. The predicted molar refractivity (Wildman–Crippen MR) is 73.7 cm³/mol. The molecule has 19 heavy (non-hydrogen) atoms. The number of nitrogens with zero attached hydrogens (tertiary/aromatic N) is 1. The van der Waals surface area contributed by atoms with Gasteiger partial charge in [-0.3, -0.25) is 9.69 Å². The molecule has 0 radical (unpaired) electrons. The van der Waals surface area contributed by atoms with Crippen LogP contribution in [0, 0.1) is 0 Å². The molecule has 1 saturated heterocycles. The Morgan fingerprint density at radius 2 is 1.89 bits per heavy atom. The lowest BCUT2D eigenvalue weighted by Crippen LogP contribution is -2.33. The van der Waals surface area contributed by atoms with Crippen molar-refractivity contribution in [1.82, 2.24) is 10.2 Å². The Bertz CT molecular complexity index is 445. The molecule has 0 aromatic heterocycles. The van der Waals surface area contributed by atoms with E-state index in [2.05, 4.69) is 12.2 Å². The van der Waals surface area contributed by atoms with E-state index in [9.17, 15) is 9.59 Å². The van der Waals surface area contributed by atoms with Gasteiger partial charge in [-0.15, -0.1) is 0 Å². The molecule has 102 valence electrons. The Kier molecular flexibility index (Phi) is 4.55. The molecule has 1 atom stereocenters. The molecule has 1 heterocycles. The van der Waals surface area contributed by atoms with Crippen LogP contribution in [0.2, 0.25) is 0 Å². The number of nitrogens with one attached hydrogen (secondary N) is 1. The summed E-state index contributed by atoms with van der Waals surface area (Å²) in [5.74, 6) is -0.0926. The highest BCUT2D eigenvalue weighted by atomic mass is 16.2. The zero-order chi connectivity index (χ0) is 13.7. The van der Waals surface area contributed by atoms with Gasteiger partial charge in [0.2, 0.25) is 0 Å². The Morgan fingerprint density at radius 1 is 1.16 bits per heavy atom. The van der Waals surface area contributed by atoms with Gasteiger partial charge >= 0.3 is 6.03 Å². The summed E-state index contributed by atoms with van der Waals surface area (Å²) in [7, 11) is 0. The van der Waals surface area contributed by atoms with E-state index in [-0.39, 0.29) is 11.9 Å². The van der Waals surface area contributed by atoms with Gasteiger partial charge in [0.1, 0.15) is 6.04 Å². The highest BCUT2D eigenvalue weighted by Gasteiger charge is 2.37. The highest BCUT2D eigenvalue weighted by molar-refractivity contribution is 6.04. The number of benzene rings is 1. The van der Waals surface area contributed by atoms with Crippen LogP contribution >= 0.6 is 0 Å². The van der Waals surface area contributed by atoms with Gasteiger partial charge in [-0.05, 0) is 12.0 Å². The van der Waals surface area contributed by atoms with E-state index in [1.807, 2.05) is 30.3 Å². The van der Waals surface area contributed by atoms with E-state index in [1.165, 1.54) is 4.90 Å². The monoisotopic (exact) mass is 260 g/mol. The Hall–Kier alpha value is -1.84. The van der Waals surface area contributed by atoms with Gasteiger partial charge < -0.3 is 5.32 Å². The zero-order valence-electron chi connectivity index (χ0n) is 11.3. The largest absolute Gasteiger partial charge is 0.325 e. The van der Waals surface area contributed by atoms with Crippen molar-refractivity contribution in [3.8, 4) is 0 Å². The number of hydrogen-bond acceptors (Lipinski definition) is 2. The predicted octanol–water partition coefficient (Wildman–Crippen LogP) is 2.34. The molecular formula is C15H20N2O2. The lowest BCUT2D eigenvalue weighted by atomic mass is 10.1. The van der Waals surface area contributed by atoms with Crippen molar-refractivity contribution in [1.29, 1.82) is 0 Å². The molecule has 0 bridgehead atoms. The SMILES string of the molecule is CCCCCN1C(=O)NC(Cc2ccccc2)C1=O. The minimum absolute atomic E-state index is 0.0926. The second-order valence-corrected chi connectivity index (χ2v) is 4.89. The number of hydrogen-bond donors (Lipinski definition) is 1. The fourth-order valence-electron chi connectivity index (χ4n) is 2.30. The summed E-state index contributed by atoms with van der Waals surface area (Å²) in [5, 5.41) is 2.77. The van der Waals surface area contributed by atoms with Crippen LogP contribution in [-0.4, -0.2) is 29.4 Å². The van der Waals surface area contributed by atoms with Crippen molar-refractivity contribution < 1.29 is 9.59 Å². The van der Waals surface area contributed by atoms with Crippen molar-refractivity contribution in [2.24, 2.45) is 0 Å². The molecular weight excluding hydrogens is 240 g/mol. The number of unbranched alkanes of at least 4 members (excludes halogenated alkanes) is 2. The summed E-state index contributed by atoms with van der Waals surface area (Å²) in [5.41, 5.74) is 1.07. The first-order valence-electron chi connectivity index (χ1n) is 6.88. The number of imide groups is 1. The maximum absolute atomic E-state index is 12.2. The maximum atomic E-state index is 12.2. The molecule has 0 spiro atoms. The number of carbonyl (C=O) groups excluding carboxylic acids is 2. The van der Waals surface area contributed by atoms with Gasteiger partial charge in [-0.2, -0.15) is 0 Å². The van der Waals surface area contributed by atoms with Crippen LogP contribution in [0.5, 0.6) is 0 Å². The van der Waals surface area contributed by atoms with E-state index < -0.39 is 6.04 Å². The normalized spacial score (nSPS) is 18.8. The van der Waals surface area contributed by atoms with Crippen LogP contribution in [0.15, 0.2) is 30.3 Å². The van der Waals surface area contributed by atoms with Crippen molar-refractivity contribution in [3.63, 3.8) is 0 Å². The maximum Gasteiger partial charge on any atom is 0.324 e. The Morgan fingerprint density at radius 3 is 2.58 bits per heavy atom. The molecule has 3 amide bonds. The van der Waals surface area contributed by atoms with E-state index in [0.717, 1.165) is 24.8 Å². The third-order valence-electron chi connectivity index (χ3n) is 3.37. The van der Waals surface area contributed by atoms with E-state index in [1.54, 1.807) is 0 Å². The molecule has 4 nitrogen and oxygen atoms in total. The fraction of sp³-hybridized carbons (Fsp3) is 0.467. The Labute approximate surface area is 113 Å². The van der Waals surface area contributed by atoms with Gasteiger partial charge in [-0.1, -0.05) is 50.1 Å². The molecule has 1 unspecified atom stereocenters. The summed E-state index contributed by atoms with van der Waals surface area (Å²) < 4.78 is 0. The third kappa shape index (κ3) is 3.34. The smallest absolute Gasteiger partial charge is 0.324 e. The molecule has 4 heteroatoms. The van der Waals surface area contributed by atoms with E-state index >= 15 is 0 Å². The first kappa shape index (κ1) is 13.6. The molecule has 1 aromatic rings.